The number of rotatable bonds is 5. The maximum atomic E-state index is 12.8. The van der Waals surface area contributed by atoms with Gasteiger partial charge in [-0.05, 0) is 25.8 Å². The van der Waals surface area contributed by atoms with E-state index in [1.807, 2.05) is 24.8 Å². The molecule has 1 fully saturated rings. The summed E-state index contributed by atoms with van der Waals surface area (Å²) in [6.45, 7) is 8.32. The molecule has 2 aromatic rings. The Balaban J connectivity index is 1.63. The maximum Gasteiger partial charge on any atom is 0.223 e. The highest BCUT2D eigenvalue weighted by molar-refractivity contribution is 5.77. The lowest BCUT2D eigenvalue weighted by molar-refractivity contribution is -0.133. The molecular formula is C20H27N3O2. The molecule has 0 bridgehead atoms. The van der Waals surface area contributed by atoms with Crippen LogP contribution < -0.4 is 0 Å². The summed E-state index contributed by atoms with van der Waals surface area (Å²) in [4.78, 5) is 14.8. The SMILES string of the molecule is CC(C)c1nnc(CCC(=O)N2[C@H](C)C[C@@H](c3ccccc3)[C@@H]2C)o1. The smallest absolute Gasteiger partial charge is 0.223 e. The van der Waals surface area contributed by atoms with Gasteiger partial charge in [-0.3, -0.25) is 4.79 Å². The highest BCUT2D eigenvalue weighted by Gasteiger charge is 2.39. The van der Waals surface area contributed by atoms with Crippen LogP contribution >= 0.6 is 0 Å². The highest BCUT2D eigenvalue weighted by Crippen LogP contribution is 2.37. The van der Waals surface area contributed by atoms with E-state index in [1.54, 1.807) is 0 Å². The molecule has 0 N–H and O–H groups in total. The molecule has 1 aromatic carbocycles. The van der Waals surface area contributed by atoms with Crippen molar-refractivity contribution >= 4 is 5.91 Å². The standard InChI is InChI=1S/C20H27N3O2/c1-13(2)20-22-21-18(25-20)10-11-19(24)23-14(3)12-17(15(23)4)16-8-6-5-7-9-16/h5-9,13-15,17H,10-12H2,1-4H3/t14-,15+,17-/m1/s1. The molecule has 1 aliphatic rings. The normalized spacial score (nSPS) is 23.4. The number of carbonyl (C=O) groups is 1. The molecule has 0 aliphatic carbocycles. The van der Waals surface area contributed by atoms with Gasteiger partial charge in [0, 0.05) is 36.8 Å². The molecule has 25 heavy (non-hydrogen) atoms. The Kier molecular flexibility index (Phi) is 5.21. The summed E-state index contributed by atoms with van der Waals surface area (Å²) in [6.07, 6.45) is 1.93. The number of carbonyl (C=O) groups excluding carboxylic acids is 1. The van der Waals surface area contributed by atoms with Gasteiger partial charge in [0.25, 0.3) is 0 Å². The highest BCUT2D eigenvalue weighted by atomic mass is 16.4. The first-order valence-corrected chi connectivity index (χ1v) is 9.15. The lowest BCUT2D eigenvalue weighted by atomic mass is 9.92. The Morgan fingerprint density at radius 3 is 2.60 bits per heavy atom. The van der Waals surface area contributed by atoms with Crippen molar-refractivity contribution in [2.75, 3.05) is 0 Å². The van der Waals surface area contributed by atoms with Crippen LogP contribution in [-0.4, -0.2) is 33.1 Å². The molecule has 0 saturated carbocycles. The molecule has 3 rings (SSSR count). The van der Waals surface area contributed by atoms with Gasteiger partial charge in [0.15, 0.2) is 0 Å². The Morgan fingerprint density at radius 2 is 1.96 bits per heavy atom. The fraction of sp³-hybridized carbons (Fsp3) is 0.550. The molecule has 1 amide bonds. The molecular weight excluding hydrogens is 314 g/mol. The van der Waals surface area contributed by atoms with Gasteiger partial charge < -0.3 is 9.32 Å². The number of nitrogens with zero attached hydrogens (tertiary/aromatic N) is 3. The molecule has 5 heteroatoms. The Labute approximate surface area is 149 Å². The first-order chi connectivity index (χ1) is 12.0. The van der Waals surface area contributed by atoms with Crippen LogP contribution in [0, 0.1) is 0 Å². The average molecular weight is 341 g/mol. The van der Waals surface area contributed by atoms with Crippen LogP contribution in [0.15, 0.2) is 34.7 Å². The number of hydrogen-bond acceptors (Lipinski definition) is 4. The summed E-state index contributed by atoms with van der Waals surface area (Å²) < 4.78 is 5.61. The number of aryl methyl sites for hydroxylation is 1. The Bertz CT molecular complexity index is 711. The van der Waals surface area contributed by atoms with Crippen molar-refractivity contribution in [3.8, 4) is 0 Å². The third kappa shape index (κ3) is 3.75. The summed E-state index contributed by atoms with van der Waals surface area (Å²) in [5.41, 5.74) is 1.32. The van der Waals surface area contributed by atoms with Crippen LogP contribution in [-0.2, 0) is 11.2 Å². The van der Waals surface area contributed by atoms with Crippen molar-refractivity contribution in [2.45, 2.75) is 70.9 Å². The van der Waals surface area contributed by atoms with Gasteiger partial charge >= 0.3 is 0 Å². The van der Waals surface area contributed by atoms with E-state index in [1.165, 1.54) is 5.56 Å². The van der Waals surface area contributed by atoms with Gasteiger partial charge in [0.2, 0.25) is 17.7 Å². The second-order valence-electron chi connectivity index (χ2n) is 7.33. The van der Waals surface area contributed by atoms with Crippen LogP contribution in [0.3, 0.4) is 0 Å². The zero-order valence-corrected chi connectivity index (χ0v) is 15.5. The molecule has 0 unspecified atom stereocenters. The monoisotopic (exact) mass is 341 g/mol. The zero-order chi connectivity index (χ0) is 18.0. The maximum absolute atomic E-state index is 12.8. The van der Waals surface area contributed by atoms with Crippen molar-refractivity contribution in [2.24, 2.45) is 0 Å². The quantitative estimate of drug-likeness (QED) is 0.827. The van der Waals surface area contributed by atoms with Crippen molar-refractivity contribution < 1.29 is 9.21 Å². The number of aromatic nitrogens is 2. The summed E-state index contributed by atoms with van der Waals surface area (Å²) >= 11 is 0. The van der Waals surface area contributed by atoms with Crippen molar-refractivity contribution in [1.82, 2.24) is 15.1 Å². The van der Waals surface area contributed by atoms with E-state index in [4.69, 9.17) is 4.42 Å². The Hall–Kier alpha value is -2.17. The van der Waals surface area contributed by atoms with Crippen LogP contribution in [0.4, 0.5) is 0 Å². The Morgan fingerprint density at radius 1 is 1.24 bits per heavy atom. The van der Waals surface area contributed by atoms with Crippen LogP contribution in [0.25, 0.3) is 0 Å². The molecule has 134 valence electrons. The number of hydrogen-bond donors (Lipinski definition) is 0. The molecule has 1 aromatic heterocycles. The average Bonchev–Trinajstić information content (AvgIpc) is 3.18. The minimum absolute atomic E-state index is 0.169. The van der Waals surface area contributed by atoms with E-state index in [0.717, 1.165) is 6.42 Å². The molecule has 1 aliphatic heterocycles. The van der Waals surface area contributed by atoms with Crippen molar-refractivity contribution in [3.63, 3.8) is 0 Å². The lowest BCUT2D eigenvalue weighted by Gasteiger charge is -2.28. The summed E-state index contributed by atoms with van der Waals surface area (Å²) in [5, 5.41) is 8.08. The van der Waals surface area contributed by atoms with E-state index in [0.29, 0.717) is 30.5 Å². The fourth-order valence-corrected chi connectivity index (χ4v) is 3.80. The largest absolute Gasteiger partial charge is 0.425 e. The molecule has 0 spiro atoms. The summed E-state index contributed by atoms with van der Waals surface area (Å²) in [6, 6.07) is 10.9. The topological polar surface area (TPSA) is 59.2 Å². The van der Waals surface area contributed by atoms with Crippen LogP contribution in [0.5, 0.6) is 0 Å². The lowest BCUT2D eigenvalue weighted by Crippen LogP contribution is -2.39. The second kappa shape index (κ2) is 7.38. The fourth-order valence-electron chi connectivity index (χ4n) is 3.80. The third-order valence-corrected chi connectivity index (χ3v) is 5.14. The van der Waals surface area contributed by atoms with E-state index in [-0.39, 0.29) is 23.9 Å². The zero-order valence-electron chi connectivity index (χ0n) is 15.5. The van der Waals surface area contributed by atoms with E-state index in [2.05, 4.69) is 48.3 Å². The predicted molar refractivity (Wildman–Crippen MR) is 96.3 cm³/mol. The van der Waals surface area contributed by atoms with Crippen LogP contribution in [0.2, 0.25) is 0 Å². The minimum atomic E-state index is 0.169. The molecule has 5 nitrogen and oxygen atoms in total. The van der Waals surface area contributed by atoms with E-state index in [9.17, 15) is 4.79 Å². The third-order valence-electron chi connectivity index (χ3n) is 5.14. The molecule has 2 heterocycles. The first kappa shape index (κ1) is 17.6. The first-order valence-electron chi connectivity index (χ1n) is 9.15. The van der Waals surface area contributed by atoms with Crippen LogP contribution in [0.1, 0.15) is 69.7 Å². The van der Waals surface area contributed by atoms with Gasteiger partial charge in [-0.15, -0.1) is 10.2 Å². The number of likely N-dealkylation sites (tertiary alicyclic amines) is 1. The minimum Gasteiger partial charge on any atom is -0.425 e. The van der Waals surface area contributed by atoms with E-state index >= 15 is 0 Å². The van der Waals surface area contributed by atoms with Gasteiger partial charge in [-0.2, -0.15) is 0 Å². The second-order valence-corrected chi connectivity index (χ2v) is 7.33. The van der Waals surface area contributed by atoms with Gasteiger partial charge in [0.05, 0.1) is 0 Å². The number of amides is 1. The van der Waals surface area contributed by atoms with E-state index < -0.39 is 0 Å². The molecule has 1 saturated heterocycles. The van der Waals surface area contributed by atoms with Gasteiger partial charge in [-0.1, -0.05) is 44.2 Å². The number of benzene rings is 1. The molecule has 3 atom stereocenters. The van der Waals surface area contributed by atoms with Crippen molar-refractivity contribution in [1.29, 1.82) is 0 Å². The van der Waals surface area contributed by atoms with Crippen molar-refractivity contribution in [3.05, 3.63) is 47.7 Å². The summed E-state index contributed by atoms with van der Waals surface area (Å²) in [7, 11) is 0. The summed E-state index contributed by atoms with van der Waals surface area (Å²) in [5.74, 6) is 1.96. The predicted octanol–water partition coefficient (Wildman–Crippen LogP) is 3.92. The van der Waals surface area contributed by atoms with Gasteiger partial charge in [0.1, 0.15) is 0 Å². The van der Waals surface area contributed by atoms with Gasteiger partial charge in [-0.25, -0.2) is 0 Å². The molecule has 0 radical (unpaired) electrons.